The van der Waals surface area contributed by atoms with Gasteiger partial charge in [0.25, 0.3) is 5.69 Å². The Morgan fingerprint density at radius 1 is 1.10 bits per heavy atom. The van der Waals surface area contributed by atoms with E-state index in [1.807, 2.05) is 24.3 Å². The van der Waals surface area contributed by atoms with Gasteiger partial charge in [-0.15, -0.1) is 0 Å². The first kappa shape index (κ1) is 19.5. The van der Waals surface area contributed by atoms with Crippen molar-refractivity contribution >= 4 is 27.1 Å². The van der Waals surface area contributed by atoms with Crippen molar-refractivity contribution in [2.45, 2.75) is 17.7 Å². The summed E-state index contributed by atoms with van der Waals surface area (Å²) in [6, 6.07) is 11.7. The molecule has 1 aliphatic heterocycles. The number of hydrogen-bond acceptors (Lipinski definition) is 7. The molecule has 29 heavy (non-hydrogen) atoms. The van der Waals surface area contributed by atoms with Gasteiger partial charge in [-0.2, -0.15) is 9.41 Å². The molecule has 9 nitrogen and oxygen atoms in total. The predicted molar refractivity (Wildman–Crippen MR) is 108 cm³/mol. The summed E-state index contributed by atoms with van der Waals surface area (Å²) >= 11 is 0. The molecule has 2 aromatic carbocycles. The Morgan fingerprint density at radius 2 is 1.86 bits per heavy atom. The zero-order valence-electron chi connectivity index (χ0n) is 15.6. The van der Waals surface area contributed by atoms with Crippen molar-refractivity contribution in [1.82, 2.24) is 4.31 Å². The summed E-state index contributed by atoms with van der Waals surface area (Å²) in [5.74, 6) is 0. The summed E-state index contributed by atoms with van der Waals surface area (Å²) in [6.07, 6.45) is 1.61. The lowest BCUT2D eigenvalue weighted by molar-refractivity contribution is -0.384. The highest BCUT2D eigenvalue weighted by Crippen LogP contribution is 2.30. The highest BCUT2D eigenvalue weighted by molar-refractivity contribution is 7.89. The first-order chi connectivity index (χ1) is 14.0. The number of nitro benzene ring substituents is 1. The fourth-order valence-corrected chi connectivity index (χ4v) is 4.93. The Morgan fingerprint density at radius 3 is 2.62 bits per heavy atom. The number of morpholine rings is 1. The molecule has 0 aromatic heterocycles. The normalized spacial score (nSPS) is 18.6. The van der Waals surface area contributed by atoms with E-state index in [-0.39, 0.29) is 29.4 Å². The van der Waals surface area contributed by atoms with Gasteiger partial charge in [0.2, 0.25) is 10.0 Å². The van der Waals surface area contributed by atoms with Gasteiger partial charge in [0.05, 0.1) is 28.7 Å². The molecule has 0 amide bonds. The highest BCUT2D eigenvalue weighted by Gasteiger charge is 2.29. The lowest BCUT2D eigenvalue weighted by Gasteiger charge is -2.26. The van der Waals surface area contributed by atoms with Crippen LogP contribution in [0.15, 0.2) is 52.5 Å². The largest absolute Gasteiger partial charge is 0.379 e. The Labute approximate surface area is 168 Å². The fraction of sp³-hybridized carbons (Fsp3) is 0.316. The van der Waals surface area contributed by atoms with Crippen LogP contribution in [-0.4, -0.2) is 49.7 Å². The molecule has 0 atom stereocenters. The van der Waals surface area contributed by atoms with Crippen LogP contribution in [0.2, 0.25) is 0 Å². The van der Waals surface area contributed by atoms with Crippen molar-refractivity contribution in [2.75, 3.05) is 31.7 Å². The molecule has 0 saturated carbocycles. The lowest BCUT2D eigenvalue weighted by atomic mass is 10.1. The quantitative estimate of drug-likeness (QED) is 0.591. The molecule has 1 fully saturated rings. The van der Waals surface area contributed by atoms with Crippen molar-refractivity contribution in [3.05, 3.63) is 63.7 Å². The summed E-state index contributed by atoms with van der Waals surface area (Å²) in [7, 11) is -3.82. The van der Waals surface area contributed by atoms with Crippen molar-refractivity contribution in [3.63, 3.8) is 0 Å². The number of fused-ring (bicyclic) bond motifs is 1. The molecule has 1 aliphatic carbocycles. The predicted octanol–water partition coefficient (Wildman–Crippen LogP) is 2.38. The Hall–Kier alpha value is -2.82. The van der Waals surface area contributed by atoms with E-state index in [9.17, 15) is 18.5 Å². The summed E-state index contributed by atoms with van der Waals surface area (Å²) in [6.45, 7) is 1.06. The van der Waals surface area contributed by atoms with E-state index in [0.717, 1.165) is 30.2 Å². The molecule has 0 bridgehead atoms. The smallest absolute Gasteiger partial charge is 0.295 e. The van der Waals surface area contributed by atoms with Crippen LogP contribution in [0.4, 0.5) is 11.4 Å². The molecule has 152 valence electrons. The molecule has 2 aromatic rings. The van der Waals surface area contributed by atoms with Crippen LogP contribution in [0.1, 0.15) is 17.5 Å². The third kappa shape index (κ3) is 3.86. The van der Waals surface area contributed by atoms with E-state index in [2.05, 4.69) is 10.5 Å². The molecule has 0 unspecified atom stereocenters. The number of rotatable bonds is 5. The number of hydrazone groups is 1. The average molecular weight is 416 g/mol. The minimum Gasteiger partial charge on any atom is -0.379 e. The first-order valence-corrected chi connectivity index (χ1v) is 10.7. The molecule has 0 spiro atoms. The van der Waals surface area contributed by atoms with Crippen LogP contribution >= 0.6 is 0 Å². The molecule has 4 rings (SSSR count). The van der Waals surface area contributed by atoms with Crippen molar-refractivity contribution in [3.8, 4) is 0 Å². The Balaban J connectivity index is 1.62. The maximum Gasteiger partial charge on any atom is 0.295 e. The van der Waals surface area contributed by atoms with Gasteiger partial charge >= 0.3 is 0 Å². The van der Waals surface area contributed by atoms with Crippen molar-refractivity contribution in [1.29, 1.82) is 0 Å². The third-order valence-electron chi connectivity index (χ3n) is 5.04. The number of sulfonamides is 1. The maximum absolute atomic E-state index is 12.8. The van der Waals surface area contributed by atoms with Gasteiger partial charge in [0.15, 0.2) is 0 Å². The van der Waals surface area contributed by atoms with Crippen LogP contribution in [0.3, 0.4) is 0 Å². The summed E-state index contributed by atoms with van der Waals surface area (Å²) in [5.41, 5.74) is 5.59. The number of benzene rings is 2. The van der Waals surface area contributed by atoms with Crippen molar-refractivity contribution in [2.24, 2.45) is 5.10 Å². The Kier molecular flexibility index (Phi) is 5.31. The molecule has 2 aliphatic rings. The van der Waals surface area contributed by atoms with Gasteiger partial charge in [-0.05, 0) is 30.5 Å². The SMILES string of the molecule is O=[N+]([O-])c1cc(S(=O)(=O)N2CCOCC2)ccc1N/N=C1\CCc2ccccc21. The monoisotopic (exact) mass is 416 g/mol. The van der Waals surface area contributed by atoms with E-state index < -0.39 is 14.9 Å². The van der Waals surface area contributed by atoms with E-state index >= 15 is 0 Å². The van der Waals surface area contributed by atoms with E-state index in [0.29, 0.717) is 13.2 Å². The van der Waals surface area contributed by atoms with Crippen molar-refractivity contribution < 1.29 is 18.1 Å². The second-order valence-electron chi connectivity index (χ2n) is 6.78. The van der Waals surface area contributed by atoms with Crippen LogP contribution in [0.25, 0.3) is 0 Å². The zero-order valence-corrected chi connectivity index (χ0v) is 16.4. The summed E-state index contributed by atoms with van der Waals surface area (Å²) < 4.78 is 32.0. The maximum atomic E-state index is 12.8. The van der Waals surface area contributed by atoms with Crippen LogP contribution in [-0.2, 0) is 21.2 Å². The topological polar surface area (TPSA) is 114 Å². The number of ether oxygens (including phenoxy) is 1. The lowest BCUT2D eigenvalue weighted by Crippen LogP contribution is -2.40. The van der Waals surface area contributed by atoms with Crippen LogP contribution < -0.4 is 5.43 Å². The minimum absolute atomic E-state index is 0.115. The molecule has 0 radical (unpaired) electrons. The van der Waals surface area contributed by atoms with Crippen LogP contribution in [0, 0.1) is 10.1 Å². The highest BCUT2D eigenvalue weighted by atomic mass is 32.2. The first-order valence-electron chi connectivity index (χ1n) is 9.24. The molecular weight excluding hydrogens is 396 g/mol. The molecule has 10 heteroatoms. The van der Waals surface area contributed by atoms with Gasteiger partial charge in [0.1, 0.15) is 5.69 Å². The van der Waals surface area contributed by atoms with Gasteiger partial charge in [-0.25, -0.2) is 8.42 Å². The van der Waals surface area contributed by atoms with Gasteiger partial charge in [-0.3, -0.25) is 15.5 Å². The van der Waals surface area contributed by atoms with Gasteiger partial charge in [0, 0.05) is 24.7 Å². The number of nitrogens with one attached hydrogen (secondary N) is 1. The Bertz CT molecular complexity index is 1080. The average Bonchev–Trinajstić information content (AvgIpc) is 3.16. The second kappa shape index (κ2) is 7.90. The molecule has 1 N–H and O–H groups in total. The standard InChI is InChI=1S/C19H20N4O5S/c24-23(25)19-13-15(29(26,27)22-9-11-28-12-10-22)6-8-18(19)21-20-17-7-5-14-3-1-2-4-16(14)17/h1-4,6,8,13,21H,5,7,9-12H2/b20-17+. The van der Waals surface area contributed by atoms with E-state index in [1.54, 1.807) is 0 Å². The summed E-state index contributed by atoms with van der Waals surface area (Å²) in [5, 5.41) is 15.9. The zero-order chi connectivity index (χ0) is 20.4. The molecular formula is C19H20N4O5S. The van der Waals surface area contributed by atoms with E-state index in [1.165, 1.54) is 22.0 Å². The fourth-order valence-electron chi connectivity index (χ4n) is 3.50. The second-order valence-corrected chi connectivity index (χ2v) is 8.72. The minimum atomic E-state index is -3.82. The molecule has 1 saturated heterocycles. The number of hydrogen-bond donors (Lipinski definition) is 1. The van der Waals surface area contributed by atoms with E-state index in [4.69, 9.17) is 4.74 Å². The number of anilines is 1. The number of nitrogens with zero attached hydrogens (tertiary/aromatic N) is 3. The number of nitro groups is 1. The van der Waals surface area contributed by atoms with Crippen LogP contribution in [0.5, 0.6) is 0 Å². The number of aryl methyl sites for hydroxylation is 1. The van der Waals surface area contributed by atoms with Gasteiger partial charge < -0.3 is 4.74 Å². The molecule has 1 heterocycles. The third-order valence-corrected chi connectivity index (χ3v) is 6.94. The van der Waals surface area contributed by atoms with Gasteiger partial charge in [-0.1, -0.05) is 24.3 Å². The summed E-state index contributed by atoms with van der Waals surface area (Å²) in [4.78, 5) is 10.8.